The molecule has 0 aromatic heterocycles. The maximum absolute atomic E-state index is 12.5. The van der Waals surface area contributed by atoms with Gasteiger partial charge in [-0.25, -0.2) is 4.79 Å². The lowest BCUT2D eigenvalue weighted by molar-refractivity contribution is -0.232. The van der Waals surface area contributed by atoms with Gasteiger partial charge in [-0.2, -0.15) is 0 Å². The van der Waals surface area contributed by atoms with Gasteiger partial charge in [0.1, 0.15) is 24.4 Å². The smallest absolute Gasteiger partial charge is 0.317 e. The van der Waals surface area contributed by atoms with Crippen LogP contribution >= 0.6 is 0 Å². The van der Waals surface area contributed by atoms with Crippen molar-refractivity contribution in [2.24, 2.45) is 0 Å². The number of amides is 2. The highest BCUT2D eigenvalue weighted by atomic mass is 16.9. The predicted molar refractivity (Wildman–Crippen MR) is 95.0 cm³/mol. The summed E-state index contributed by atoms with van der Waals surface area (Å²) in [6.07, 6.45) is -1.88. The van der Waals surface area contributed by atoms with E-state index in [0.29, 0.717) is 6.54 Å². The summed E-state index contributed by atoms with van der Waals surface area (Å²) in [5.74, 6) is -1.47. The zero-order chi connectivity index (χ0) is 19.4. The molecule has 2 amide bonds. The van der Waals surface area contributed by atoms with Crippen LogP contribution < -0.4 is 5.32 Å². The number of carbonyl (C=O) groups excluding carboxylic acids is 1. The molecule has 4 rings (SSSR count). The first kappa shape index (κ1) is 19.4. The monoisotopic (exact) mass is 385 g/mol. The lowest BCUT2D eigenvalue weighted by atomic mass is 9.99. The van der Waals surface area contributed by atoms with Crippen LogP contribution in [0.2, 0.25) is 0 Å². The highest BCUT2D eigenvalue weighted by Gasteiger charge is 2.60. The van der Waals surface area contributed by atoms with Crippen LogP contribution in [0.3, 0.4) is 0 Å². The van der Waals surface area contributed by atoms with Crippen molar-refractivity contribution in [3.05, 3.63) is 0 Å². The van der Waals surface area contributed by atoms with Gasteiger partial charge in [0.25, 0.3) is 0 Å². The molecular formula is C18H31N3O6. The maximum Gasteiger partial charge on any atom is 0.317 e. The van der Waals surface area contributed by atoms with E-state index in [2.05, 4.69) is 17.3 Å². The van der Waals surface area contributed by atoms with Crippen LogP contribution in [0.5, 0.6) is 0 Å². The molecule has 0 aliphatic carbocycles. The molecule has 4 aliphatic rings. The van der Waals surface area contributed by atoms with E-state index in [4.69, 9.17) is 23.7 Å². The number of urea groups is 1. The molecule has 27 heavy (non-hydrogen) atoms. The van der Waals surface area contributed by atoms with Gasteiger partial charge in [-0.05, 0) is 34.7 Å². The Labute approximate surface area is 160 Å². The first-order valence-corrected chi connectivity index (χ1v) is 9.72. The normalized spacial score (nSPS) is 40.5. The Hall–Kier alpha value is -0.970. The molecule has 0 radical (unpaired) electrons. The molecule has 154 valence electrons. The lowest BCUT2D eigenvalue weighted by Crippen LogP contribution is -2.59. The number of fused-ring (bicyclic) bond motifs is 3. The molecule has 4 saturated heterocycles. The van der Waals surface area contributed by atoms with E-state index < -0.39 is 17.9 Å². The van der Waals surface area contributed by atoms with E-state index in [-0.39, 0.29) is 30.4 Å². The molecule has 1 N–H and O–H groups in total. The molecule has 0 aromatic rings. The van der Waals surface area contributed by atoms with Crippen LogP contribution in [0, 0.1) is 0 Å². The summed E-state index contributed by atoms with van der Waals surface area (Å²) >= 11 is 0. The first-order valence-electron chi connectivity index (χ1n) is 9.72. The lowest BCUT2D eigenvalue weighted by Gasteiger charge is -2.38. The number of nitrogens with zero attached hydrogens (tertiary/aromatic N) is 2. The molecule has 9 nitrogen and oxygen atoms in total. The third kappa shape index (κ3) is 3.94. The quantitative estimate of drug-likeness (QED) is 0.734. The van der Waals surface area contributed by atoms with E-state index in [9.17, 15) is 4.79 Å². The van der Waals surface area contributed by atoms with Crippen molar-refractivity contribution in [2.45, 2.75) is 70.0 Å². The number of carbonyl (C=O) groups is 1. The standard InChI is InChI=1S/C18H31N3O6/c1-17(2)24-12-11(10-19-16(22)21-8-6-20(5)7-9-21)23-15-14(13(12)25-17)26-18(3,4)27-15/h11-15H,6-10H2,1-5H3,(H,19,22)/t11-,12+,13+,14-,15-/m1/s1. The maximum atomic E-state index is 12.5. The van der Waals surface area contributed by atoms with Crippen molar-refractivity contribution in [1.82, 2.24) is 15.1 Å². The number of piperazine rings is 1. The molecule has 0 saturated carbocycles. The highest BCUT2D eigenvalue weighted by Crippen LogP contribution is 2.43. The summed E-state index contributed by atoms with van der Waals surface area (Å²) in [5.41, 5.74) is 0. The summed E-state index contributed by atoms with van der Waals surface area (Å²) in [4.78, 5) is 16.6. The fourth-order valence-corrected chi connectivity index (χ4v) is 4.17. The predicted octanol–water partition coefficient (Wildman–Crippen LogP) is 0.340. The number of nitrogens with one attached hydrogen (secondary N) is 1. The number of hydrogen-bond donors (Lipinski definition) is 1. The fourth-order valence-electron chi connectivity index (χ4n) is 4.17. The van der Waals surface area contributed by atoms with Crippen molar-refractivity contribution in [3.63, 3.8) is 0 Å². The molecular weight excluding hydrogens is 354 g/mol. The minimum atomic E-state index is -0.742. The van der Waals surface area contributed by atoms with Crippen molar-refractivity contribution in [2.75, 3.05) is 39.8 Å². The first-order chi connectivity index (χ1) is 12.6. The Morgan fingerprint density at radius 3 is 2.22 bits per heavy atom. The molecule has 0 aromatic carbocycles. The van der Waals surface area contributed by atoms with Crippen LogP contribution in [-0.2, 0) is 23.7 Å². The molecule has 4 fully saturated rings. The van der Waals surface area contributed by atoms with Gasteiger partial charge in [-0.1, -0.05) is 0 Å². The number of ether oxygens (including phenoxy) is 5. The van der Waals surface area contributed by atoms with Gasteiger partial charge >= 0.3 is 6.03 Å². The zero-order valence-electron chi connectivity index (χ0n) is 16.8. The Bertz CT molecular complexity index is 577. The Morgan fingerprint density at radius 2 is 1.52 bits per heavy atom. The van der Waals surface area contributed by atoms with Crippen LogP contribution in [0.15, 0.2) is 0 Å². The van der Waals surface area contributed by atoms with Gasteiger partial charge < -0.3 is 38.8 Å². The van der Waals surface area contributed by atoms with Crippen LogP contribution in [0.25, 0.3) is 0 Å². The third-order valence-electron chi connectivity index (χ3n) is 5.50. The highest BCUT2D eigenvalue weighted by molar-refractivity contribution is 5.74. The number of likely N-dealkylation sites (N-methyl/N-ethyl adjacent to an activating group) is 1. The Morgan fingerprint density at radius 1 is 0.926 bits per heavy atom. The molecule has 5 atom stereocenters. The van der Waals surface area contributed by atoms with Crippen molar-refractivity contribution in [1.29, 1.82) is 0 Å². The molecule has 0 spiro atoms. The second kappa shape index (κ2) is 6.82. The van der Waals surface area contributed by atoms with Gasteiger partial charge in [0, 0.05) is 32.7 Å². The SMILES string of the molecule is CN1CCN(C(=O)NC[C@H]2O[C@@H]3OC(C)(C)O[C@@H]3[C@H]3OC(C)(C)O[C@H]32)CC1. The van der Waals surface area contributed by atoms with Gasteiger partial charge in [0.2, 0.25) is 0 Å². The largest absolute Gasteiger partial charge is 0.342 e. The second-order valence-electron chi connectivity index (χ2n) is 8.68. The van der Waals surface area contributed by atoms with E-state index in [1.165, 1.54) is 0 Å². The topological polar surface area (TPSA) is 81.7 Å². The van der Waals surface area contributed by atoms with Crippen molar-refractivity contribution < 1.29 is 28.5 Å². The van der Waals surface area contributed by atoms with Crippen molar-refractivity contribution in [3.8, 4) is 0 Å². The van der Waals surface area contributed by atoms with Crippen LogP contribution in [0.1, 0.15) is 27.7 Å². The molecule has 0 bridgehead atoms. The van der Waals surface area contributed by atoms with Gasteiger partial charge in [0.15, 0.2) is 17.9 Å². The minimum absolute atomic E-state index is 0.0764. The Balaban J connectivity index is 1.41. The van der Waals surface area contributed by atoms with Crippen molar-refractivity contribution >= 4 is 6.03 Å². The summed E-state index contributed by atoms with van der Waals surface area (Å²) in [6, 6.07) is -0.0764. The molecule has 9 heteroatoms. The average Bonchev–Trinajstić information content (AvgIpc) is 3.07. The van der Waals surface area contributed by atoms with Gasteiger partial charge in [-0.3, -0.25) is 0 Å². The van der Waals surface area contributed by atoms with Crippen LogP contribution in [0.4, 0.5) is 4.79 Å². The summed E-state index contributed by atoms with van der Waals surface area (Å²) in [7, 11) is 2.06. The minimum Gasteiger partial charge on any atom is -0.342 e. The summed E-state index contributed by atoms with van der Waals surface area (Å²) in [5, 5.41) is 2.99. The van der Waals surface area contributed by atoms with E-state index in [1.54, 1.807) is 0 Å². The third-order valence-corrected chi connectivity index (χ3v) is 5.50. The Kier molecular flexibility index (Phi) is 4.89. The summed E-state index contributed by atoms with van der Waals surface area (Å²) in [6.45, 7) is 11.0. The van der Waals surface area contributed by atoms with Crippen LogP contribution in [-0.4, -0.2) is 97.9 Å². The van der Waals surface area contributed by atoms with E-state index in [1.807, 2.05) is 32.6 Å². The van der Waals surface area contributed by atoms with Gasteiger partial charge in [-0.15, -0.1) is 0 Å². The number of hydrogen-bond acceptors (Lipinski definition) is 7. The molecule has 4 aliphatic heterocycles. The average molecular weight is 385 g/mol. The van der Waals surface area contributed by atoms with E-state index in [0.717, 1.165) is 26.2 Å². The van der Waals surface area contributed by atoms with Gasteiger partial charge in [0.05, 0.1) is 0 Å². The zero-order valence-corrected chi connectivity index (χ0v) is 16.8. The number of rotatable bonds is 2. The second-order valence-corrected chi connectivity index (χ2v) is 8.68. The fraction of sp³-hybridized carbons (Fsp3) is 0.944. The molecule has 0 unspecified atom stereocenters. The van der Waals surface area contributed by atoms with E-state index >= 15 is 0 Å². The molecule has 4 heterocycles. The summed E-state index contributed by atoms with van der Waals surface area (Å²) < 4.78 is 30.2.